The molecule has 0 saturated carbocycles. The largest absolute Gasteiger partial charge is 0.288 e. The van der Waals surface area contributed by atoms with E-state index < -0.39 is 4.92 Å². The van der Waals surface area contributed by atoms with Crippen molar-refractivity contribution in [2.45, 2.75) is 0 Å². The lowest BCUT2D eigenvalue weighted by Gasteiger charge is -2.12. The van der Waals surface area contributed by atoms with Gasteiger partial charge in [-0.05, 0) is 12.1 Å². The molecule has 0 aliphatic heterocycles. The first-order chi connectivity index (χ1) is 12.7. The SMILES string of the molecule is O=[N+]([O-])c1c(-c2ccc(Cl)c(Cl)c2Cl)cncc1-c1ccc(Cl)c(Cl)c1Cl. The van der Waals surface area contributed by atoms with E-state index in [9.17, 15) is 10.1 Å². The Kier molecular flexibility index (Phi) is 6.06. The van der Waals surface area contributed by atoms with Crippen molar-refractivity contribution >= 4 is 75.3 Å². The Bertz CT molecular complexity index is 1010. The second-order valence-corrected chi connectivity index (χ2v) is 7.61. The molecule has 0 atom stereocenters. The van der Waals surface area contributed by atoms with Crippen LogP contribution in [0.2, 0.25) is 30.1 Å². The molecular formula is C17H6Cl6N2O2. The van der Waals surface area contributed by atoms with Crippen molar-refractivity contribution < 1.29 is 4.92 Å². The fourth-order valence-corrected chi connectivity index (χ4v) is 3.79. The van der Waals surface area contributed by atoms with Gasteiger partial charge in [0.25, 0.3) is 5.69 Å². The molecule has 3 rings (SSSR count). The molecule has 3 aromatic rings. The zero-order chi connectivity index (χ0) is 19.9. The molecule has 0 fully saturated rings. The number of aromatic nitrogens is 1. The zero-order valence-electron chi connectivity index (χ0n) is 12.9. The van der Waals surface area contributed by atoms with Crippen molar-refractivity contribution in [3.63, 3.8) is 0 Å². The molecule has 0 unspecified atom stereocenters. The van der Waals surface area contributed by atoms with E-state index in [2.05, 4.69) is 4.98 Å². The van der Waals surface area contributed by atoms with E-state index in [1.165, 1.54) is 36.7 Å². The van der Waals surface area contributed by atoms with Crippen LogP contribution in [-0.2, 0) is 0 Å². The Morgan fingerprint density at radius 3 is 1.44 bits per heavy atom. The van der Waals surface area contributed by atoms with Crippen LogP contribution in [0.15, 0.2) is 36.7 Å². The number of benzene rings is 2. The third-order valence-corrected chi connectivity index (χ3v) is 6.34. The molecule has 0 N–H and O–H groups in total. The summed E-state index contributed by atoms with van der Waals surface area (Å²) in [5.74, 6) is 0. The monoisotopic (exact) mass is 480 g/mol. The first-order valence-corrected chi connectivity index (χ1v) is 9.41. The Labute approximate surface area is 183 Å². The highest BCUT2D eigenvalue weighted by Crippen LogP contribution is 2.46. The highest BCUT2D eigenvalue weighted by molar-refractivity contribution is 6.50. The Morgan fingerprint density at radius 2 is 1.07 bits per heavy atom. The molecule has 0 aliphatic rings. The van der Waals surface area contributed by atoms with E-state index in [0.717, 1.165) is 0 Å². The number of hydrogen-bond acceptors (Lipinski definition) is 3. The third-order valence-electron chi connectivity index (χ3n) is 3.75. The summed E-state index contributed by atoms with van der Waals surface area (Å²) in [4.78, 5) is 15.4. The lowest BCUT2D eigenvalue weighted by molar-refractivity contribution is -0.383. The predicted molar refractivity (Wildman–Crippen MR) is 112 cm³/mol. The molecule has 0 amide bonds. The molecule has 10 heteroatoms. The summed E-state index contributed by atoms with van der Waals surface area (Å²) >= 11 is 36.6. The van der Waals surface area contributed by atoms with Crippen molar-refractivity contribution in [1.82, 2.24) is 4.98 Å². The number of rotatable bonds is 3. The van der Waals surface area contributed by atoms with Crippen LogP contribution in [0.1, 0.15) is 0 Å². The van der Waals surface area contributed by atoms with Crippen molar-refractivity contribution in [2.75, 3.05) is 0 Å². The molecule has 138 valence electrons. The van der Waals surface area contributed by atoms with Gasteiger partial charge in [-0.1, -0.05) is 81.7 Å². The van der Waals surface area contributed by atoms with E-state index in [1.807, 2.05) is 0 Å². The fourth-order valence-electron chi connectivity index (χ4n) is 2.51. The Morgan fingerprint density at radius 1 is 0.667 bits per heavy atom. The van der Waals surface area contributed by atoms with E-state index >= 15 is 0 Å². The predicted octanol–water partition coefficient (Wildman–Crippen LogP) is 8.24. The lowest BCUT2D eigenvalue weighted by Crippen LogP contribution is -1.98. The van der Waals surface area contributed by atoms with Gasteiger partial charge >= 0.3 is 0 Å². The summed E-state index contributed by atoms with van der Waals surface area (Å²) in [7, 11) is 0. The number of nitrogens with zero attached hydrogens (tertiary/aromatic N) is 2. The third kappa shape index (κ3) is 3.70. The van der Waals surface area contributed by atoms with Gasteiger partial charge in [0.15, 0.2) is 0 Å². The van der Waals surface area contributed by atoms with Gasteiger partial charge in [-0.15, -0.1) is 0 Å². The highest BCUT2D eigenvalue weighted by atomic mass is 35.5. The van der Waals surface area contributed by atoms with Crippen LogP contribution < -0.4 is 0 Å². The second-order valence-electron chi connectivity index (χ2n) is 5.29. The molecule has 1 heterocycles. The molecule has 0 aliphatic carbocycles. The number of halogens is 6. The zero-order valence-corrected chi connectivity index (χ0v) is 17.5. The Balaban J connectivity index is 2.35. The van der Waals surface area contributed by atoms with Crippen LogP contribution in [0, 0.1) is 10.1 Å². The maximum atomic E-state index is 11.9. The lowest BCUT2D eigenvalue weighted by atomic mass is 9.99. The van der Waals surface area contributed by atoms with Gasteiger partial charge in [0.2, 0.25) is 0 Å². The summed E-state index contributed by atoms with van der Waals surface area (Å²) in [6, 6.07) is 6.04. The second kappa shape index (κ2) is 8.00. The minimum absolute atomic E-state index is 0.0754. The maximum Gasteiger partial charge on any atom is 0.288 e. The van der Waals surface area contributed by atoms with Gasteiger partial charge in [-0.25, -0.2) is 0 Å². The summed E-state index contributed by atoms with van der Waals surface area (Å²) in [6.07, 6.45) is 2.64. The maximum absolute atomic E-state index is 11.9. The first-order valence-electron chi connectivity index (χ1n) is 7.14. The molecule has 1 aromatic heterocycles. The van der Waals surface area contributed by atoms with Crippen LogP contribution in [0.4, 0.5) is 5.69 Å². The van der Waals surface area contributed by atoms with Gasteiger partial charge in [0, 0.05) is 23.5 Å². The average molecular weight is 483 g/mol. The van der Waals surface area contributed by atoms with E-state index in [0.29, 0.717) is 11.1 Å². The van der Waals surface area contributed by atoms with Crippen LogP contribution in [0.5, 0.6) is 0 Å². The minimum Gasteiger partial charge on any atom is -0.263 e. The number of nitro groups is 1. The van der Waals surface area contributed by atoms with Crippen LogP contribution >= 0.6 is 69.6 Å². The van der Waals surface area contributed by atoms with Gasteiger partial charge in [-0.3, -0.25) is 15.1 Å². The molecule has 0 saturated heterocycles. The summed E-state index contributed by atoms with van der Waals surface area (Å²) in [5, 5.41) is 12.7. The van der Waals surface area contributed by atoms with E-state index in [-0.39, 0.29) is 47.0 Å². The topological polar surface area (TPSA) is 56.0 Å². The van der Waals surface area contributed by atoms with Crippen molar-refractivity contribution in [3.05, 3.63) is 76.9 Å². The molecule has 27 heavy (non-hydrogen) atoms. The summed E-state index contributed by atoms with van der Waals surface area (Å²) in [5.41, 5.74) is 0.670. The molecule has 4 nitrogen and oxygen atoms in total. The minimum atomic E-state index is -0.552. The summed E-state index contributed by atoms with van der Waals surface area (Å²) < 4.78 is 0. The van der Waals surface area contributed by atoms with E-state index in [1.54, 1.807) is 0 Å². The average Bonchev–Trinajstić information content (AvgIpc) is 2.64. The Hall–Kier alpha value is -1.27. The van der Waals surface area contributed by atoms with Gasteiger partial charge in [0.05, 0.1) is 46.2 Å². The smallest absolute Gasteiger partial charge is 0.263 e. The van der Waals surface area contributed by atoms with Gasteiger partial charge < -0.3 is 0 Å². The number of hydrogen-bond donors (Lipinski definition) is 0. The molecular weight excluding hydrogens is 477 g/mol. The van der Waals surface area contributed by atoms with Gasteiger partial charge in [-0.2, -0.15) is 0 Å². The van der Waals surface area contributed by atoms with Crippen molar-refractivity contribution in [2.24, 2.45) is 0 Å². The van der Waals surface area contributed by atoms with Crippen LogP contribution in [-0.4, -0.2) is 9.91 Å². The molecule has 2 aromatic carbocycles. The standard InChI is InChI=1S/C17H6Cl6N2O2/c18-11-3-1-7(13(20)15(11)22)9-5-24-6-10(17(9)25(26)27)8-2-4-12(19)16(23)14(8)21/h1-6H. The van der Waals surface area contributed by atoms with Crippen LogP contribution in [0.3, 0.4) is 0 Å². The van der Waals surface area contributed by atoms with Crippen molar-refractivity contribution in [1.29, 1.82) is 0 Å². The van der Waals surface area contributed by atoms with Crippen LogP contribution in [0.25, 0.3) is 22.3 Å². The highest BCUT2D eigenvalue weighted by Gasteiger charge is 2.27. The van der Waals surface area contributed by atoms with Gasteiger partial charge in [0.1, 0.15) is 0 Å². The first kappa shape index (κ1) is 20.5. The summed E-state index contributed by atoms with van der Waals surface area (Å²) in [6.45, 7) is 0. The molecule has 0 radical (unpaired) electrons. The number of pyridine rings is 1. The fraction of sp³-hybridized carbons (Fsp3) is 0. The van der Waals surface area contributed by atoms with Crippen molar-refractivity contribution in [3.8, 4) is 22.3 Å². The molecule has 0 spiro atoms. The molecule has 0 bridgehead atoms. The van der Waals surface area contributed by atoms with E-state index in [4.69, 9.17) is 69.6 Å². The normalized spacial score (nSPS) is 10.9. The quantitative estimate of drug-likeness (QED) is 0.214.